The summed E-state index contributed by atoms with van der Waals surface area (Å²) in [5, 5.41) is 13.4. The quantitative estimate of drug-likeness (QED) is 0.366. The molecular weight excluding hydrogens is 415 g/mol. The highest BCUT2D eigenvalue weighted by Gasteiger charge is 2.15. The minimum Gasteiger partial charge on any atom is -0.372 e. The number of hydrogen-bond donors (Lipinski definition) is 0. The van der Waals surface area contributed by atoms with E-state index >= 15 is 0 Å². The lowest BCUT2D eigenvalue weighted by molar-refractivity contribution is 0.391. The van der Waals surface area contributed by atoms with Crippen molar-refractivity contribution < 1.29 is 8.91 Å². The topological polar surface area (TPSA) is 72.9 Å². The summed E-state index contributed by atoms with van der Waals surface area (Å²) in [5.74, 6) is 1.86. The summed E-state index contributed by atoms with van der Waals surface area (Å²) < 4.78 is 20.4. The minimum absolute atomic E-state index is 0.302. The van der Waals surface area contributed by atoms with Gasteiger partial charge < -0.3 is 14.0 Å². The maximum atomic E-state index is 13.1. The Morgan fingerprint density at radius 1 is 0.968 bits per heavy atom. The second kappa shape index (κ2) is 9.30. The van der Waals surface area contributed by atoms with Gasteiger partial charge in [-0.2, -0.15) is 4.98 Å². The minimum atomic E-state index is -0.302. The Kier molecular flexibility index (Phi) is 6.31. The van der Waals surface area contributed by atoms with Crippen LogP contribution in [0.3, 0.4) is 0 Å². The summed E-state index contributed by atoms with van der Waals surface area (Å²) in [6, 6.07) is 14.3. The number of anilines is 1. The third-order valence-electron chi connectivity index (χ3n) is 4.98. The first-order valence-corrected chi connectivity index (χ1v) is 11.0. The first-order chi connectivity index (χ1) is 15.1. The number of nitrogens with zero attached hydrogens (tertiary/aromatic N) is 6. The number of benzene rings is 2. The third kappa shape index (κ3) is 4.61. The Hall–Kier alpha value is -3.20. The van der Waals surface area contributed by atoms with Gasteiger partial charge in [-0.15, -0.1) is 10.2 Å². The molecule has 0 N–H and O–H groups in total. The van der Waals surface area contributed by atoms with Crippen LogP contribution in [0.15, 0.2) is 58.2 Å². The molecule has 7 nitrogen and oxygen atoms in total. The average Bonchev–Trinajstić information content (AvgIpc) is 3.41. The van der Waals surface area contributed by atoms with E-state index in [9.17, 15) is 4.39 Å². The molecule has 0 atom stereocenters. The number of thioether (sulfide) groups is 1. The average molecular weight is 439 g/mol. The Balaban J connectivity index is 1.44. The SMILES string of the molecule is CCN(CC)c1ccc(-c2nnc(SCc3nc(-c4ccc(F)cc4)no3)n2C)cc1. The molecule has 0 unspecified atom stereocenters. The van der Waals surface area contributed by atoms with Gasteiger partial charge >= 0.3 is 0 Å². The molecule has 0 fully saturated rings. The number of hydrogen-bond acceptors (Lipinski definition) is 7. The van der Waals surface area contributed by atoms with Gasteiger partial charge in [-0.25, -0.2) is 4.39 Å². The fourth-order valence-electron chi connectivity index (χ4n) is 3.26. The van der Waals surface area contributed by atoms with E-state index in [0.29, 0.717) is 23.0 Å². The second-order valence-corrected chi connectivity index (χ2v) is 7.83. The van der Waals surface area contributed by atoms with Crippen molar-refractivity contribution in [3.8, 4) is 22.8 Å². The summed E-state index contributed by atoms with van der Waals surface area (Å²) in [5.41, 5.74) is 2.91. The maximum absolute atomic E-state index is 13.1. The second-order valence-electron chi connectivity index (χ2n) is 6.89. The van der Waals surface area contributed by atoms with Gasteiger partial charge in [0.2, 0.25) is 11.7 Å². The number of rotatable bonds is 8. The van der Waals surface area contributed by atoms with Crippen LogP contribution >= 0.6 is 11.8 Å². The molecule has 0 saturated heterocycles. The van der Waals surface area contributed by atoms with Gasteiger partial charge in [0, 0.05) is 37.0 Å². The summed E-state index contributed by atoms with van der Waals surface area (Å²) in [6.45, 7) is 6.24. The molecule has 0 radical (unpaired) electrons. The lowest BCUT2D eigenvalue weighted by Crippen LogP contribution is -2.21. The van der Waals surface area contributed by atoms with E-state index in [0.717, 1.165) is 29.6 Å². The van der Waals surface area contributed by atoms with Crippen LogP contribution in [0.2, 0.25) is 0 Å². The molecule has 2 aromatic carbocycles. The van der Waals surface area contributed by atoms with E-state index in [-0.39, 0.29) is 5.82 Å². The predicted molar refractivity (Wildman–Crippen MR) is 119 cm³/mol. The smallest absolute Gasteiger partial charge is 0.237 e. The van der Waals surface area contributed by atoms with Crippen molar-refractivity contribution in [2.75, 3.05) is 18.0 Å². The van der Waals surface area contributed by atoms with Gasteiger partial charge in [0.1, 0.15) is 5.82 Å². The molecule has 160 valence electrons. The van der Waals surface area contributed by atoms with E-state index in [4.69, 9.17) is 4.52 Å². The van der Waals surface area contributed by atoms with Gasteiger partial charge in [-0.3, -0.25) is 0 Å². The van der Waals surface area contributed by atoms with Gasteiger partial charge in [0.05, 0.1) is 5.75 Å². The first kappa shape index (κ1) is 21.0. The Bertz CT molecular complexity index is 1140. The van der Waals surface area contributed by atoms with Crippen LogP contribution in [0.4, 0.5) is 10.1 Å². The maximum Gasteiger partial charge on any atom is 0.237 e. The van der Waals surface area contributed by atoms with Crippen LogP contribution in [-0.4, -0.2) is 38.0 Å². The molecule has 0 aliphatic heterocycles. The zero-order chi connectivity index (χ0) is 21.8. The van der Waals surface area contributed by atoms with Crippen molar-refractivity contribution in [2.24, 2.45) is 7.05 Å². The first-order valence-electron chi connectivity index (χ1n) is 10.0. The van der Waals surface area contributed by atoms with Crippen LogP contribution in [0, 0.1) is 5.82 Å². The fourth-order valence-corrected chi connectivity index (χ4v) is 4.01. The van der Waals surface area contributed by atoms with Gasteiger partial charge in [0.15, 0.2) is 11.0 Å². The van der Waals surface area contributed by atoms with Crippen molar-refractivity contribution in [3.05, 3.63) is 60.2 Å². The van der Waals surface area contributed by atoms with Crippen molar-refractivity contribution in [1.29, 1.82) is 0 Å². The predicted octanol–water partition coefficient (Wildman–Crippen LogP) is 4.81. The van der Waals surface area contributed by atoms with Gasteiger partial charge in [-0.05, 0) is 62.4 Å². The summed E-state index contributed by atoms with van der Waals surface area (Å²) in [7, 11) is 1.94. The molecule has 2 heterocycles. The molecule has 31 heavy (non-hydrogen) atoms. The lowest BCUT2D eigenvalue weighted by atomic mass is 10.2. The highest BCUT2D eigenvalue weighted by molar-refractivity contribution is 7.98. The summed E-state index contributed by atoms with van der Waals surface area (Å²) >= 11 is 1.47. The van der Waals surface area contributed by atoms with Crippen molar-refractivity contribution in [1.82, 2.24) is 24.9 Å². The Morgan fingerprint density at radius 2 is 1.65 bits per heavy atom. The van der Waals surface area contributed by atoms with E-state index in [1.807, 2.05) is 11.6 Å². The van der Waals surface area contributed by atoms with Crippen LogP contribution in [0.1, 0.15) is 19.7 Å². The highest BCUT2D eigenvalue weighted by Crippen LogP contribution is 2.27. The van der Waals surface area contributed by atoms with Gasteiger partial charge in [0.25, 0.3) is 0 Å². The van der Waals surface area contributed by atoms with E-state index in [2.05, 4.69) is 63.4 Å². The molecule has 0 saturated carbocycles. The van der Waals surface area contributed by atoms with E-state index < -0.39 is 0 Å². The molecule has 0 spiro atoms. The zero-order valence-electron chi connectivity index (χ0n) is 17.6. The van der Waals surface area contributed by atoms with Crippen LogP contribution in [-0.2, 0) is 12.8 Å². The van der Waals surface area contributed by atoms with Crippen LogP contribution < -0.4 is 4.90 Å². The molecule has 0 aliphatic carbocycles. The Labute approximate surface area is 184 Å². The third-order valence-corrected chi connectivity index (χ3v) is 5.99. The molecule has 4 aromatic rings. The summed E-state index contributed by atoms with van der Waals surface area (Å²) in [6.07, 6.45) is 0. The largest absolute Gasteiger partial charge is 0.372 e. The normalized spacial score (nSPS) is 11.1. The van der Waals surface area contributed by atoms with Crippen LogP contribution in [0.5, 0.6) is 0 Å². The zero-order valence-corrected chi connectivity index (χ0v) is 18.4. The van der Waals surface area contributed by atoms with E-state index in [1.165, 1.54) is 29.6 Å². The number of aromatic nitrogens is 5. The number of halogens is 1. The van der Waals surface area contributed by atoms with Crippen molar-refractivity contribution >= 4 is 17.4 Å². The molecule has 9 heteroatoms. The molecular formula is C22H23FN6OS. The molecule has 0 aliphatic rings. The van der Waals surface area contributed by atoms with Crippen molar-refractivity contribution in [2.45, 2.75) is 24.8 Å². The highest BCUT2D eigenvalue weighted by atomic mass is 32.2. The Morgan fingerprint density at radius 3 is 2.32 bits per heavy atom. The fraction of sp³-hybridized carbons (Fsp3) is 0.273. The molecule has 4 rings (SSSR count). The van der Waals surface area contributed by atoms with Gasteiger partial charge in [-0.1, -0.05) is 16.9 Å². The lowest BCUT2D eigenvalue weighted by Gasteiger charge is -2.21. The molecule has 0 bridgehead atoms. The van der Waals surface area contributed by atoms with E-state index in [1.54, 1.807) is 12.1 Å². The van der Waals surface area contributed by atoms with Crippen molar-refractivity contribution in [3.63, 3.8) is 0 Å². The summed E-state index contributed by atoms with van der Waals surface area (Å²) in [4.78, 5) is 6.68. The van der Waals surface area contributed by atoms with Crippen LogP contribution in [0.25, 0.3) is 22.8 Å². The monoisotopic (exact) mass is 438 g/mol. The standard InChI is InChI=1S/C22H23FN6OS/c1-4-29(5-2)18-12-8-16(9-13-18)21-25-26-22(28(21)3)31-14-19-24-20(27-30-19)15-6-10-17(23)11-7-15/h6-13H,4-5,14H2,1-3H3. The molecule has 2 aromatic heterocycles. The molecule has 0 amide bonds.